The van der Waals surface area contributed by atoms with E-state index in [-0.39, 0.29) is 11.5 Å². The topological polar surface area (TPSA) is 81.4 Å². The number of hydrogen-bond acceptors (Lipinski definition) is 5. The Morgan fingerprint density at radius 1 is 1.32 bits per heavy atom. The smallest absolute Gasteiger partial charge is 0.339 e. The molecule has 0 aliphatic heterocycles. The van der Waals surface area contributed by atoms with Crippen LogP contribution in [0.4, 0.5) is 0 Å². The van der Waals surface area contributed by atoms with Gasteiger partial charge in [-0.1, -0.05) is 6.07 Å². The number of benzene rings is 1. The first-order valence-electron chi connectivity index (χ1n) is 9.45. The second-order valence-corrected chi connectivity index (χ2v) is 7.18. The van der Waals surface area contributed by atoms with Gasteiger partial charge in [-0.2, -0.15) is 0 Å². The Morgan fingerprint density at radius 3 is 2.93 bits per heavy atom. The first-order chi connectivity index (χ1) is 13.5. The highest BCUT2D eigenvalue weighted by molar-refractivity contribution is 5.89. The lowest BCUT2D eigenvalue weighted by molar-refractivity contribution is -0.127. The van der Waals surface area contributed by atoms with Gasteiger partial charge in [-0.15, -0.1) is 0 Å². The van der Waals surface area contributed by atoms with Gasteiger partial charge in [0.15, 0.2) is 6.10 Å². The number of carbonyl (C=O) groups excluding carboxylic acids is 1. The summed E-state index contributed by atoms with van der Waals surface area (Å²) in [4.78, 5) is 28.8. The molecule has 144 valence electrons. The minimum atomic E-state index is -0.689. The van der Waals surface area contributed by atoms with Crippen LogP contribution in [-0.2, 0) is 24.2 Å². The summed E-state index contributed by atoms with van der Waals surface area (Å²) < 4.78 is 11.6. The summed E-state index contributed by atoms with van der Waals surface area (Å²) >= 11 is 0. The maximum absolute atomic E-state index is 12.5. The molecule has 0 saturated carbocycles. The van der Waals surface area contributed by atoms with Crippen LogP contribution >= 0.6 is 0 Å². The fourth-order valence-corrected chi connectivity index (χ4v) is 3.68. The van der Waals surface area contributed by atoms with Gasteiger partial charge in [0.1, 0.15) is 11.3 Å². The normalized spacial score (nSPS) is 13.9. The lowest BCUT2D eigenvalue weighted by Crippen LogP contribution is -2.36. The Bertz CT molecular complexity index is 1090. The van der Waals surface area contributed by atoms with E-state index in [4.69, 9.17) is 9.15 Å². The van der Waals surface area contributed by atoms with Gasteiger partial charge in [0.2, 0.25) is 0 Å². The molecule has 2 aromatic heterocycles. The third-order valence-corrected chi connectivity index (χ3v) is 5.04. The molecule has 0 spiro atoms. The fraction of sp³-hybridized carbons (Fsp3) is 0.318. The van der Waals surface area contributed by atoms with Gasteiger partial charge in [0.05, 0.1) is 5.39 Å². The zero-order valence-corrected chi connectivity index (χ0v) is 16.0. The Kier molecular flexibility index (Phi) is 4.86. The predicted octanol–water partition coefficient (Wildman–Crippen LogP) is 3.07. The van der Waals surface area contributed by atoms with Crippen molar-refractivity contribution in [1.82, 2.24) is 10.3 Å². The first kappa shape index (κ1) is 18.2. The Labute approximate surface area is 162 Å². The van der Waals surface area contributed by atoms with Crippen molar-refractivity contribution in [3.8, 4) is 5.75 Å². The summed E-state index contributed by atoms with van der Waals surface area (Å²) in [5, 5.41) is 3.68. The quantitative estimate of drug-likeness (QED) is 0.690. The zero-order chi connectivity index (χ0) is 19.7. The summed E-state index contributed by atoms with van der Waals surface area (Å²) in [5.74, 6) is 0.369. The van der Waals surface area contributed by atoms with Crippen molar-refractivity contribution < 1.29 is 13.9 Å². The molecule has 0 radical (unpaired) electrons. The summed E-state index contributed by atoms with van der Waals surface area (Å²) in [6.45, 7) is 4.01. The van der Waals surface area contributed by atoms with E-state index >= 15 is 0 Å². The lowest BCUT2D eigenvalue weighted by Gasteiger charge is -2.18. The molecule has 1 aliphatic carbocycles. The Balaban J connectivity index is 1.59. The van der Waals surface area contributed by atoms with Crippen molar-refractivity contribution in [3.63, 3.8) is 0 Å². The lowest BCUT2D eigenvalue weighted by atomic mass is 10.0. The molecule has 1 aromatic carbocycles. The van der Waals surface area contributed by atoms with Crippen molar-refractivity contribution in [2.45, 2.75) is 45.8 Å². The summed E-state index contributed by atoms with van der Waals surface area (Å²) in [6, 6.07) is 7.47. The molecular weight excluding hydrogens is 356 g/mol. The highest BCUT2D eigenvalue weighted by atomic mass is 16.5. The number of nitrogens with one attached hydrogen (secondary N) is 1. The maximum atomic E-state index is 12.5. The van der Waals surface area contributed by atoms with Crippen LogP contribution in [0.15, 0.2) is 45.9 Å². The van der Waals surface area contributed by atoms with Crippen molar-refractivity contribution >= 4 is 16.9 Å². The number of rotatable bonds is 5. The van der Waals surface area contributed by atoms with Crippen LogP contribution in [0.25, 0.3) is 11.0 Å². The molecule has 6 nitrogen and oxygen atoms in total. The standard InChI is InChI=1S/C22H22N2O4/c1-13-9-18(20-16-6-3-7-17(16)22(26)28-19(20)10-13)27-14(2)21(25)24-12-15-5-4-8-23-11-15/h4-5,8-11,14H,3,6-7,12H2,1-2H3,(H,24,25)/t14-/m0/s1. The molecule has 1 N–H and O–H groups in total. The average molecular weight is 378 g/mol. The highest BCUT2D eigenvalue weighted by Crippen LogP contribution is 2.35. The van der Waals surface area contributed by atoms with Crippen molar-refractivity contribution in [2.24, 2.45) is 0 Å². The molecule has 0 saturated heterocycles. The molecule has 0 bridgehead atoms. The minimum absolute atomic E-state index is 0.215. The van der Waals surface area contributed by atoms with E-state index in [1.54, 1.807) is 19.3 Å². The molecule has 0 fully saturated rings. The van der Waals surface area contributed by atoms with Crippen LogP contribution in [0.2, 0.25) is 0 Å². The van der Waals surface area contributed by atoms with Crippen molar-refractivity contribution in [3.05, 3.63) is 69.3 Å². The van der Waals surface area contributed by atoms with Gasteiger partial charge in [-0.05, 0) is 68.0 Å². The van der Waals surface area contributed by atoms with Crippen LogP contribution in [0.1, 0.15) is 35.6 Å². The molecule has 3 aromatic rings. The molecule has 1 aliphatic rings. The zero-order valence-electron chi connectivity index (χ0n) is 16.0. The molecule has 2 heterocycles. The van der Waals surface area contributed by atoms with E-state index in [0.29, 0.717) is 17.9 Å². The maximum Gasteiger partial charge on any atom is 0.339 e. The molecule has 1 amide bonds. The number of nitrogens with zero attached hydrogens (tertiary/aromatic N) is 1. The van der Waals surface area contributed by atoms with E-state index in [0.717, 1.165) is 46.9 Å². The monoisotopic (exact) mass is 378 g/mol. The number of carbonyl (C=O) groups is 1. The third-order valence-electron chi connectivity index (χ3n) is 5.04. The molecule has 1 atom stereocenters. The van der Waals surface area contributed by atoms with Crippen LogP contribution in [0.5, 0.6) is 5.75 Å². The Hall–Kier alpha value is -3.15. The van der Waals surface area contributed by atoms with Gasteiger partial charge in [0.25, 0.3) is 5.91 Å². The number of ether oxygens (including phenoxy) is 1. The predicted molar refractivity (Wildman–Crippen MR) is 105 cm³/mol. The minimum Gasteiger partial charge on any atom is -0.480 e. The fourth-order valence-electron chi connectivity index (χ4n) is 3.68. The van der Waals surface area contributed by atoms with Crippen LogP contribution < -0.4 is 15.7 Å². The summed E-state index contributed by atoms with van der Waals surface area (Å²) in [5.41, 5.74) is 3.80. The molecule has 6 heteroatoms. The van der Waals surface area contributed by atoms with E-state index in [1.165, 1.54) is 0 Å². The number of aryl methyl sites for hydroxylation is 2. The second-order valence-electron chi connectivity index (χ2n) is 7.18. The van der Waals surface area contributed by atoms with Gasteiger partial charge >= 0.3 is 5.63 Å². The van der Waals surface area contributed by atoms with Crippen molar-refractivity contribution in [1.29, 1.82) is 0 Å². The van der Waals surface area contributed by atoms with E-state index in [1.807, 2.05) is 31.2 Å². The van der Waals surface area contributed by atoms with E-state index < -0.39 is 6.10 Å². The second kappa shape index (κ2) is 7.46. The summed E-state index contributed by atoms with van der Waals surface area (Å²) in [7, 11) is 0. The van der Waals surface area contributed by atoms with Gasteiger partial charge in [0, 0.05) is 24.5 Å². The first-order valence-corrected chi connectivity index (χ1v) is 9.45. The summed E-state index contributed by atoms with van der Waals surface area (Å²) in [6.07, 6.45) is 5.18. The number of pyridine rings is 1. The number of aromatic nitrogens is 1. The number of hydrogen-bond donors (Lipinski definition) is 1. The van der Waals surface area contributed by atoms with E-state index in [9.17, 15) is 9.59 Å². The SMILES string of the molecule is Cc1cc(O[C@@H](C)C(=O)NCc2cccnc2)c2c3c(c(=O)oc2c1)CCC3. The molecule has 0 unspecified atom stereocenters. The average Bonchev–Trinajstić information content (AvgIpc) is 3.16. The molecule has 28 heavy (non-hydrogen) atoms. The number of amides is 1. The van der Waals surface area contributed by atoms with Crippen molar-refractivity contribution in [2.75, 3.05) is 0 Å². The largest absolute Gasteiger partial charge is 0.480 e. The third kappa shape index (κ3) is 3.50. The van der Waals surface area contributed by atoms with Gasteiger partial charge in [-0.25, -0.2) is 4.79 Å². The number of fused-ring (bicyclic) bond motifs is 3. The van der Waals surface area contributed by atoms with Crippen LogP contribution in [0.3, 0.4) is 0 Å². The van der Waals surface area contributed by atoms with Gasteiger partial charge < -0.3 is 14.5 Å². The molecule has 4 rings (SSSR count). The van der Waals surface area contributed by atoms with Gasteiger partial charge in [-0.3, -0.25) is 9.78 Å². The Morgan fingerprint density at radius 2 is 2.14 bits per heavy atom. The highest BCUT2D eigenvalue weighted by Gasteiger charge is 2.24. The van der Waals surface area contributed by atoms with Crippen LogP contribution in [-0.4, -0.2) is 17.0 Å². The van der Waals surface area contributed by atoms with Crippen LogP contribution in [0, 0.1) is 6.92 Å². The van der Waals surface area contributed by atoms with E-state index in [2.05, 4.69) is 10.3 Å². The molecular formula is C22H22N2O4.